The Morgan fingerprint density at radius 1 is 0.926 bits per heavy atom. The van der Waals surface area contributed by atoms with Crippen LogP contribution < -0.4 is 14.8 Å². The number of methoxy groups -OCH3 is 2. The number of carbonyl (C=O) groups is 2. The molecule has 27 heavy (non-hydrogen) atoms. The van der Waals surface area contributed by atoms with Crippen LogP contribution in [0.25, 0.3) is 0 Å². The van der Waals surface area contributed by atoms with E-state index in [-0.39, 0.29) is 11.8 Å². The highest BCUT2D eigenvalue weighted by molar-refractivity contribution is 6.05. The molecule has 0 spiro atoms. The molecule has 1 heterocycles. The molecular formula is C20H22N2O5. The summed E-state index contributed by atoms with van der Waals surface area (Å²) in [6.45, 7) is 2.27. The molecule has 0 saturated carbocycles. The average Bonchev–Trinajstić information content (AvgIpc) is 2.73. The molecule has 3 rings (SSSR count). The third kappa shape index (κ3) is 4.38. The summed E-state index contributed by atoms with van der Waals surface area (Å²) in [5.74, 6) is 0.793. The molecule has 2 aromatic carbocycles. The van der Waals surface area contributed by atoms with Gasteiger partial charge in [-0.05, 0) is 36.4 Å². The molecule has 1 saturated heterocycles. The first kappa shape index (κ1) is 18.7. The van der Waals surface area contributed by atoms with E-state index in [1.807, 2.05) is 0 Å². The Hall–Kier alpha value is -3.06. The van der Waals surface area contributed by atoms with E-state index in [4.69, 9.17) is 14.2 Å². The highest BCUT2D eigenvalue weighted by atomic mass is 16.5. The fourth-order valence-corrected chi connectivity index (χ4v) is 2.83. The molecule has 0 aliphatic carbocycles. The lowest BCUT2D eigenvalue weighted by Crippen LogP contribution is -2.40. The zero-order chi connectivity index (χ0) is 19.2. The van der Waals surface area contributed by atoms with Crippen LogP contribution in [-0.4, -0.2) is 57.2 Å². The van der Waals surface area contributed by atoms with Gasteiger partial charge in [0.25, 0.3) is 11.8 Å². The molecule has 142 valence electrons. The molecule has 0 aromatic heterocycles. The van der Waals surface area contributed by atoms with Gasteiger partial charge in [-0.1, -0.05) is 0 Å². The predicted octanol–water partition coefficient (Wildman–Crippen LogP) is 2.43. The molecule has 2 aromatic rings. The number of amides is 2. The topological polar surface area (TPSA) is 77.1 Å². The number of nitrogens with zero attached hydrogens (tertiary/aromatic N) is 1. The van der Waals surface area contributed by atoms with Crippen molar-refractivity contribution >= 4 is 17.5 Å². The van der Waals surface area contributed by atoms with Crippen LogP contribution in [0.4, 0.5) is 5.69 Å². The Morgan fingerprint density at radius 3 is 2.19 bits per heavy atom. The maximum atomic E-state index is 12.5. The number of hydrogen-bond acceptors (Lipinski definition) is 5. The summed E-state index contributed by atoms with van der Waals surface area (Å²) >= 11 is 0. The Labute approximate surface area is 157 Å². The molecule has 7 heteroatoms. The van der Waals surface area contributed by atoms with Gasteiger partial charge in [-0.25, -0.2) is 0 Å². The smallest absolute Gasteiger partial charge is 0.255 e. The van der Waals surface area contributed by atoms with Crippen LogP contribution in [0.2, 0.25) is 0 Å². The molecule has 1 fully saturated rings. The average molecular weight is 370 g/mol. The highest BCUT2D eigenvalue weighted by Gasteiger charge is 2.18. The number of ether oxygens (including phenoxy) is 3. The second kappa shape index (κ2) is 8.55. The summed E-state index contributed by atoms with van der Waals surface area (Å²) in [5, 5.41) is 2.81. The summed E-state index contributed by atoms with van der Waals surface area (Å²) in [6.07, 6.45) is 0. The number of anilines is 1. The lowest BCUT2D eigenvalue weighted by molar-refractivity contribution is 0.0303. The molecule has 1 N–H and O–H groups in total. The van der Waals surface area contributed by atoms with E-state index in [1.54, 1.807) is 54.5 Å². The van der Waals surface area contributed by atoms with Gasteiger partial charge in [-0.15, -0.1) is 0 Å². The van der Waals surface area contributed by atoms with Crippen LogP contribution in [0, 0.1) is 0 Å². The van der Waals surface area contributed by atoms with Crippen LogP contribution in [0.1, 0.15) is 20.7 Å². The van der Waals surface area contributed by atoms with Gasteiger partial charge < -0.3 is 24.4 Å². The van der Waals surface area contributed by atoms with E-state index in [2.05, 4.69) is 5.32 Å². The Balaban J connectivity index is 1.68. The number of morpholine rings is 1. The zero-order valence-electron chi connectivity index (χ0n) is 15.4. The van der Waals surface area contributed by atoms with Gasteiger partial charge in [0.15, 0.2) is 11.5 Å². The van der Waals surface area contributed by atoms with Crippen molar-refractivity contribution in [2.45, 2.75) is 0 Å². The minimum atomic E-state index is -0.271. The second-order valence-corrected chi connectivity index (χ2v) is 6.01. The normalized spacial score (nSPS) is 13.8. The third-order valence-corrected chi connectivity index (χ3v) is 4.33. The van der Waals surface area contributed by atoms with E-state index in [9.17, 15) is 9.59 Å². The zero-order valence-corrected chi connectivity index (χ0v) is 15.4. The van der Waals surface area contributed by atoms with Crippen molar-refractivity contribution in [3.05, 3.63) is 53.6 Å². The number of hydrogen-bond donors (Lipinski definition) is 1. The highest BCUT2D eigenvalue weighted by Crippen LogP contribution is 2.29. The van der Waals surface area contributed by atoms with Crippen LogP contribution in [-0.2, 0) is 4.74 Å². The molecule has 1 aliphatic heterocycles. The Kier molecular flexibility index (Phi) is 5.93. The maximum Gasteiger partial charge on any atom is 0.255 e. The summed E-state index contributed by atoms with van der Waals surface area (Å²) in [6, 6.07) is 11.8. The molecule has 7 nitrogen and oxygen atoms in total. The van der Waals surface area contributed by atoms with E-state index in [1.165, 1.54) is 7.11 Å². The summed E-state index contributed by atoms with van der Waals surface area (Å²) in [5.41, 5.74) is 1.61. The van der Waals surface area contributed by atoms with E-state index in [0.717, 1.165) is 0 Å². The molecule has 0 unspecified atom stereocenters. The molecule has 0 atom stereocenters. The van der Waals surface area contributed by atoms with Crippen molar-refractivity contribution in [1.82, 2.24) is 4.90 Å². The van der Waals surface area contributed by atoms with Crippen molar-refractivity contribution in [2.24, 2.45) is 0 Å². The minimum Gasteiger partial charge on any atom is -0.493 e. The Bertz CT molecular complexity index is 814. The van der Waals surface area contributed by atoms with Crippen molar-refractivity contribution in [3.63, 3.8) is 0 Å². The number of nitrogens with one attached hydrogen (secondary N) is 1. The van der Waals surface area contributed by atoms with Crippen molar-refractivity contribution < 1.29 is 23.8 Å². The standard InChI is InChI=1S/C20H22N2O5/c1-25-17-8-7-16(13-18(17)26-2)21-19(23)14-3-5-15(6-4-14)20(24)22-9-11-27-12-10-22/h3-8,13H,9-12H2,1-2H3,(H,21,23). The molecule has 0 bridgehead atoms. The second-order valence-electron chi connectivity index (χ2n) is 6.01. The number of carbonyl (C=O) groups excluding carboxylic acids is 2. The van der Waals surface area contributed by atoms with Gasteiger partial charge in [0.2, 0.25) is 0 Å². The van der Waals surface area contributed by atoms with Crippen LogP contribution >= 0.6 is 0 Å². The quantitative estimate of drug-likeness (QED) is 0.875. The number of rotatable bonds is 5. The first-order chi connectivity index (χ1) is 13.1. The molecule has 2 amide bonds. The molecule has 1 aliphatic rings. The third-order valence-electron chi connectivity index (χ3n) is 4.33. The van der Waals surface area contributed by atoms with Gasteiger partial charge in [0.05, 0.1) is 27.4 Å². The van der Waals surface area contributed by atoms with Crippen molar-refractivity contribution in [1.29, 1.82) is 0 Å². The Morgan fingerprint density at radius 2 is 1.56 bits per heavy atom. The van der Waals surface area contributed by atoms with Crippen molar-refractivity contribution in [3.8, 4) is 11.5 Å². The van der Waals surface area contributed by atoms with Gasteiger partial charge in [0, 0.05) is 36.0 Å². The summed E-state index contributed by atoms with van der Waals surface area (Å²) in [7, 11) is 3.09. The van der Waals surface area contributed by atoms with Gasteiger partial charge in [-0.2, -0.15) is 0 Å². The SMILES string of the molecule is COc1ccc(NC(=O)c2ccc(C(=O)N3CCOCC3)cc2)cc1OC. The van der Waals surface area contributed by atoms with Crippen LogP contribution in [0.15, 0.2) is 42.5 Å². The van der Waals surface area contributed by atoms with E-state index >= 15 is 0 Å². The summed E-state index contributed by atoms with van der Waals surface area (Å²) in [4.78, 5) is 26.7. The lowest BCUT2D eigenvalue weighted by atomic mass is 10.1. The van der Waals surface area contributed by atoms with E-state index in [0.29, 0.717) is 54.6 Å². The van der Waals surface area contributed by atoms with Crippen molar-refractivity contribution in [2.75, 3.05) is 45.8 Å². The fraction of sp³-hybridized carbons (Fsp3) is 0.300. The van der Waals surface area contributed by atoms with Gasteiger partial charge in [-0.3, -0.25) is 9.59 Å². The lowest BCUT2D eigenvalue weighted by Gasteiger charge is -2.26. The van der Waals surface area contributed by atoms with Gasteiger partial charge >= 0.3 is 0 Å². The van der Waals surface area contributed by atoms with Crippen LogP contribution in [0.5, 0.6) is 11.5 Å². The fourth-order valence-electron chi connectivity index (χ4n) is 2.83. The van der Waals surface area contributed by atoms with Crippen LogP contribution in [0.3, 0.4) is 0 Å². The monoisotopic (exact) mass is 370 g/mol. The number of benzene rings is 2. The maximum absolute atomic E-state index is 12.5. The molecular weight excluding hydrogens is 348 g/mol. The van der Waals surface area contributed by atoms with E-state index < -0.39 is 0 Å². The van der Waals surface area contributed by atoms with Gasteiger partial charge in [0.1, 0.15) is 0 Å². The summed E-state index contributed by atoms with van der Waals surface area (Å²) < 4.78 is 15.7. The predicted molar refractivity (Wildman–Crippen MR) is 101 cm³/mol. The minimum absolute atomic E-state index is 0.0508. The largest absolute Gasteiger partial charge is 0.493 e. The first-order valence-electron chi connectivity index (χ1n) is 8.63. The first-order valence-corrected chi connectivity index (χ1v) is 8.63. The molecule has 0 radical (unpaired) electrons.